The summed E-state index contributed by atoms with van der Waals surface area (Å²) in [5, 5.41) is 3.28. The molecule has 15 heavy (non-hydrogen) atoms. The molecule has 0 spiro atoms. The van der Waals surface area contributed by atoms with Crippen LogP contribution in [0.25, 0.3) is 0 Å². The molecular weight excluding hydrogens is 279 g/mol. The van der Waals surface area contributed by atoms with Gasteiger partial charge < -0.3 is 11.1 Å². The molecule has 3 N–H and O–H groups in total. The fourth-order valence-electron chi connectivity index (χ4n) is 1.08. The number of amides is 1. The summed E-state index contributed by atoms with van der Waals surface area (Å²) >= 11 is 9.15. The minimum absolute atomic E-state index is 0.108. The molecule has 0 fully saturated rings. The molecule has 1 atom stereocenters. The van der Waals surface area contributed by atoms with E-state index in [1.165, 1.54) is 0 Å². The molecule has 0 saturated heterocycles. The number of rotatable bonds is 3. The third-order valence-corrected chi connectivity index (χ3v) is 2.94. The average Bonchev–Trinajstić information content (AvgIpc) is 2.10. The number of anilines is 1. The minimum atomic E-state index is -0.143. The third-order valence-electron chi connectivity index (χ3n) is 1.71. The largest absolute Gasteiger partial charge is 0.327 e. The first-order chi connectivity index (χ1) is 6.99. The Hall–Kier alpha value is -0.580. The second-order valence-electron chi connectivity index (χ2n) is 3.36. The van der Waals surface area contributed by atoms with E-state index in [2.05, 4.69) is 21.2 Å². The van der Waals surface area contributed by atoms with Crippen molar-refractivity contribution in [2.75, 3.05) is 5.32 Å². The van der Waals surface area contributed by atoms with E-state index in [0.29, 0.717) is 17.1 Å². The van der Waals surface area contributed by atoms with Crippen LogP contribution in [0, 0.1) is 0 Å². The molecule has 0 bridgehead atoms. The van der Waals surface area contributed by atoms with Gasteiger partial charge in [0.15, 0.2) is 0 Å². The topological polar surface area (TPSA) is 55.1 Å². The number of benzene rings is 1. The Morgan fingerprint density at radius 1 is 1.67 bits per heavy atom. The molecule has 0 radical (unpaired) electrons. The highest BCUT2D eigenvalue weighted by atomic mass is 79.9. The van der Waals surface area contributed by atoms with Gasteiger partial charge in [-0.1, -0.05) is 11.6 Å². The Morgan fingerprint density at radius 3 is 2.87 bits per heavy atom. The molecule has 0 aliphatic heterocycles. The molecule has 0 saturated carbocycles. The maximum atomic E-state index is 11.4. The number of nitrogens with one attached hydrogen (secondary N) is 1. The Morgan fingerprint density at radius 2 is 2.33 bits per heavy atom. The zero-order chi connectivity index (χ0) is 11.4. The van der Waals surface area contributed by atoms with Crippen LogP contribution in [0.2, 0.25) is 5.02 Å². The van der Waals surface area contributed by atoms with Crippen LogP contribution < -0.4 is 11.1 Å². The van der Waals surface area contributed by atoms with Crippen molar-refractivity contribution >= 4 is 39.1 Å². The minimum Gasteiger partial charge on any atom is -0.327 e. The highest BCUT2D eigenvalue weighted by molar-refractivity contribution is 9.10. The summed E-state index contributed by atoms with van der Waals surface area (Å²) in [6.45, 7) is 1.79. The van der Waals surface area contributed by atoms with Crippen molar-refractivity contribution in [3.05, 3.63) is 27.7 Å². The van der Waals surface area contributed by atoms with Crippen molar-refractivity contribution in [1.29, 1.82) is 0 Å². The predicted octanol–water partition coefficient (Wildman–Crippen LogP) is 2.78. The van der Waals surface area contributed by atoms with Gasteiger partial charge in [0, 0.05) is 22.6 Å². The van der Waals surface area contributed by atoms with Crippen molar-refractivity contribution in [2.45, 2.75) is 19.4 Å². The van der Waals surface area contributed by atoms with Crippen molar-refractivity contribution in [1.82, 2.24) is 0 Å². The monoisotopic (exact) mass is 290 g/mol. The Bertz CT molecular complexity index is 368. The Labute approximate surface area is 102 Å². The van der Waals surface area contributed by atoms with Gasteiger partial charge in [-0.2, -0.15) is 0 Å². The van der Waals surface area contributed by atoms with E-state index in [1.54, 1.807) is 25.1 Å². The average molecular weight is 292 g/mol. The fourth-order valence-corrected chi connectivity index (χ4v) is 1.51. The lowest BCUT2D eigenvalue weighted by Gasteiger charge is -2.07. The van der Waals surface area contributed by atoms with Crippen LogP contribution in [-0.4, -0.2) is 11.9 Å². The molecule has 0 aliphatic rings. The van der Waals surface area contributed by atoms with Gasteiger partial charge in [-0.25, -0.2) is 0 Å². The molecule has 3 nitrogen and oxygen atoms in total. The van der Waals surface area contributed by atoms with Crippen LogP contribution in [0.4, 0.5) is 5.69 Å². The van der Waals surface area contributed by atoms with Crippen molar-refractivity contribution in [3.8, 4) is 0 Å². The van der Waals surface area contributed by atoms with E-state index in [0.717, 1.165) is 4.47 Å². The molecule has 1 aromatic carbocycles. The maximum absolute atomic E-state index is 11.4. The number of carbonyl (C=O) groups excluding carboxylic acids is 1. The zero-order valence-electron chi connectivity index (χ0n) is 8.26. The molecule has 1 aromatic rings. The molecule has 0 aromatic heterocycles. The van der Waals surface area contributed by atoms with E-state index in [1.807, 2.05) is 0 Å². The fraction of sp³-hybridized carbons (Fsp3) is 0.300. The van der Waals surface area contributed by atoms with Gasteiger partial charge in [0.25, 0.3) is 0 Å². The highest BCUT2D eigenvalue weighted by Gasteiger charge is 2.06. The summed E-state index contributed by atoms with van der Waals surface area (Å²) in [6, 6.07) is 5.10. The normalized spacial score (nSPS) is 12.3. The lowest BCUT2D eigenvalue weighted by molar-refractivity contribution is -0.116. The third kappa shape index (κ3) is 4.20. The predicted molar refractivity (Wildman–Crippen MR) is 66.0 cm³/mol. The summed E-state index contributed by atoms with van der Waals surface area (Å²) in [5.74, 6) is -0.108. The smallest absolute Gasteiger partial charge is 0.225 e. The number of hydrogen-bond acceptors (Lipinski definition) is 2. The quantitative estimate of drug-likeness (QED) is 0.900. The molecule has 1 amide bonds. The van der Waals surface area contributed by atoms with Gasteiger partial charge >= 0.3 is 0 Å². The van der Waals surface area contributed by atoms with Gasteiger partial charge in [0.2, 0.25) is 5.91 Å². The van der Waals surface area contributed by atoms with Crippen molar-refractivity contribution in [3.63, 3.8) is 0 Å². The summed E-state index contributed by atoms with van der Waals surface area (Å²) in [5.41, 5.74) is 6.18. The maximum Gasteiger partial charge on any atom is 0.225 e. The van der Waals surface area contributed by atoms with Crippen molar-refractivity contribution < 1.29 is 4.79 Å². The molecule has 1 unspecified atom stereocenters. The zero-order valence-corrected chi connectivity index (χ0v) is 10.6. The van der Waals surface area contributed by atoms with Gasteiger partial charge in [-0.15, -0.1) is 0 Å². The number of nitrogens with two attached hydrogens (primary N) is 1. The van der Waals surface area contributed by atoms with Crippen LogP contribution in [0.15, 0.2) is 22.7 Å². The second-order valence-corrected chi connectivity index (χ2v) is 4.62. The first-order valence-corrected chi connectivity index (χ1v) is 5.66. The van der Waals surface area contributed by atoms with Crippen LogP contribution in [0.1, 0.15) is 13.3 Å². The van der Waals surface area contributed by atoms with E-state index >= 15 is 0 Å². The SMILES string of the molecule is CC(N)CC(=O)Nc1ccc(Br)c(Cl)c1. The van der Waals surface area contributed by atoms with Gasteiger partial charge in [-0.3, -0.25) is 4.79 Å². The first kappa shape index (κ1) is 12.5. The Kier molecular flexibility index (Phi) is 4.57. The summed E-state index contributed by atoms with van der Waals surface area (Å²) in [4.78, 5) is 11.4. The van der Waals surface area contributed by atoms with Gasteiger partial charge in [0.05, 0.1) is 5.02 Å². The van der Waals surface area contributed by atoms with E-state index < -0.39 is 0 Å². The van der Waals surface area contributed by atoms with E-state index in [9.17, 15) is 4.79 Å². The molecule has 0 aliphatic carbocycles. The summed E-state index contributed by atoms with van der Waals surface area (Å²) < 4.78 is 0.800. The standard InChI is InChI=1S/C10H12BrClN2O/c1-6(13)4-10(15)14-7-2-3-8(11)9(12)5-7/h2-3,5-6H,4,13H2,1H3,(H,14,15). The Balaban J connectivity index is 2.65. The van der Waals surface area contributed by atoms with Crippen LogP contribution in [-0.2, 0) is 4.79 Å². The highest BCUT2D eigenvalue weighted by Crippen LogP contribution is 2.25. The van der Waals surface area contributed by atoms with Crippen LogP contribution in [0.5, 0.6) is 0 Å². The molecule has 1 rings (SSSR count). The van der Waals surface area contributed by atoms with E-state index in [-0.39, 0.29) is 11.9 Å². The van der Waals surface area contributed by atoms with Gasteiger partial charge in [0.1, 0.15) is 0 Å². The summed E-state index contributed by atoms with van der Waals surface area (Å²) in [6.07, 6.45) is 0.299. The second kappa shape index (κ2) is 5.49. The van der Waals surface area contributed by atoms with Gasteiger partial charge in [-0.05, 0) is 41.1 Å². The molecule has 0 heterocycles. The molecular formula is C10H12BrClN2O. The van der Waals surface area contributed by atoms with Crippen LogP contribution >= 0.6 is 27.5 Å². The summed E-state index contributed by atoms with van der Waals surface area (Å²) in [7, 11) is 0. The lowest BCUT2D eigenvalue weighted by atomic mass is 10.2. The lowest BCUT2D eigenvalue weighted by Crippen LogP contribution is -2.23. The number of carbonyl (C=O) groups is 1. The van der Waals surface area contributed by atoms with Crippen LogP contribution in [0.3, 0.4) is 0 Å². The number of hydrogen-bond donors (Lipinski definition) is 2. The van der Waals surface area contributed by atoms with E-state index in [4.69, 9.17) is 17.3 Å². The van der Waals surface area contributed by atoms with Crippen molar-refractivity contribution in [2.24, 2.45) is 5.73 Å². The molecule has 82 valence electrons. The molecule has 5 heteroatoms. The number of halogens is 2. The first-order valence-electron chi connectivity index (χ1n) is 4.49.